The highest BCUT2D eigenvalue weighted by Gasteiger charge is 2.31. The second-order valence-electron chi connectivity index (χ2n) is 7.25. The Morgan fingerprint density at radius 1 is 0.778 bits per heavy atom. The smallest absolute Gasteiger partial charge is 0.339 e. The number of esters is 2. The first-order valence-electron chi connectivity index (χ1n) is 9.93. The van der Waals surface area contributed by atoms with Gasteiger partial charge in [0.25, 0.3) is 11.8 Å². The number of likely N-dealkylation sites (N-methyl/N-ethyl adjacent to an activating group) is 2. The van der Waals surface area contributed by atoms with E-state index in [9.17, 15) is 19.2 Å². The summed E-state index contributed by atoms with van der Waals surface area (Å²) in [5.74, 6) is -1.66. The predicted octanol–water partition coefficient (Wildman–Crippen LogP) is 4.71. The van der Waals surface area contributed by atoms with E-state index in [4.69, 9.17) is 33.9 Å². The molecule has 2 amide bonds. The molecule has 186 valence electrons. The number of nitrogens with zero attached hydrogens (tertiary/aromatic N) is 2. The van der Waals surface area contributed by atoms with Crippen molar-refractivity contribution in [2.45, 2.75) is 0 Å². The monoisotopic (exact) mass is 596 g/mol. The van der Waals surface area contributed by atoms with Gasteiger partial charge in [-0.15, -0.1) is 22.7 Å². The van der Waals surface area contributed by atoms with Crippen LogP contribution >= 0.6 is 70.6 Å². The number of thioether (sulfide) groups is 2. The van der Waals surface area contributed by atoms with Crippen LogP contribution in [-0.4, -0.2) is 70.5 Å². The lowest BCUT2D eigenvalue weighted by Crippen LogP contribution is -2.22. The number of thiocarbonyl (C=S) groups is 2. The van der Waals surface area contributed by atoms with Gasteiger partial charge in [-0.05, 0) is 24.3 Å². The maximum atomic E-state index is 12.6. The zero-order chi connectivity index (χ0) is 26.3. The third-order valence-corrected chi connectivity index (χ3v) is 10.3. The zero-order valence-corrected chi connectivity index (χ0v) is 24.0. The molecule has 2 saturated heterocycles. The van der Waals surface area contributed by atoms with Gasteiger partial charge in [-0.1, -0.05) is 48.0 Å². The fourth-order valence-electron chi connectivity index (χ4n) is 3.17. The molecule has 8 nitrogen and oxygen atoms in total. The van der Waals surface area contributed by atoms with E-state index in [-0.39, 0.29) is 22.9 Å². The fourth-order valence-corrected chi connectivity index (χ4v) is 8.00. The number of ether oxygens (including phenoxy) is 2. The van der Waals surface area contributed by atoms with E-state index in [0.29, 0.717) is 38.0 Å². The topological polar surface area (TPSA) is 93.2 Å². The Labute approximate surface area is 233 Å². The number of rotatable bonds is 5. The van der Waals surface area contributed by atoms with Crippen LogP contribution in [0.5, 0.6) is 0 Å². The minimum atomic E-state index is -0.596. The Bertz CT molecular complexity index is 1310. The van der Waals surface area contributed by atoms with Gasteiger partial charge in [-0.25, -0.2) is 9.59 Å². The molecule has 0 atom stereocenters. The number of hydrogen-bond donors (Lipinski definition) is 0. The molecule has 36 heavy (non-hydrogen) atoms. The first-order chi connectivity index (χ1) is 17.0. The van der Waals surface area contributed by atoms with Crippen molar-refractivity contribution < 1.29 is 28.7 Å². The van der Waals surface area contributed by atoms with Gasteiger partial charge in [-0.3, -0.25) is 19.4 Å². The first kappa shape index (κ1) is 26.7. The largest absolute Gasteiger partial charge is 0.465 e. The van der Waals surface area contributed by atoms with E-state index in [1.165, 1.54) is 70.2 Å². The van der Waals surface area contributed by atoms with Crippen LogP contribution in [0.25, 0.3) is 21.9 Å². The molecule has 0 N–H and O–H groups in total. The average molecular weight is 597 g/mol. The molecule has 0 bridgehead atoms. The van der Waals surface area contributed by atoms with E-state index in [0.717, 1.165) is 0 Å². The van der Waals surface area contributed by atoms with Gasteiger partial charge in [0.2, 0.25) is 0 Å². The van der Waals surface area contributed by atoms with Gasteiger partial charge in [0.15, 0.2) is 0 Å². The molecule has 0 unspecified atom stereocenters. The molecule has 0 spiro atoms. The molecule has 14 heteroatoms. The normalized spacial score (nSPS) is 18.2. The number of carbonyl (C=O) groups is 4. The molecule has 0 aliphatic carbocycles. The fraction of sp³-hybridized carbons (Fsp3) is 0.182. The van der Waals surface area contributed by atoms with Gasteiger partial charge in [0.05, 0.1) is 44.9 Å². The summed E-state index contributed by atoms with van der Waals surface area (Å²) in [5, 5.41) is 0. The van der Waals surface area contributed by atoms with Gasteiger partial charge < -0.3 is 9.47 Å². The highest BCUT2D eigenvalue weighted by molar-refractivity contribution is 8.27. The molecule has 2 aliphatic heterocycles. The molecular formula is C22H16N2O6S6. The Morgan fingerprint density at radius 3 is 1.42 bits per heavy atom. The van der Waals surface area contributed by atoms with Crippen LogP contribution in [0.2, 0.25) is 0 Å². The highest BCUT2D eigenvalue weighted by atomic mass is 32.2. The van der Waals surface area contributed by atoms with E-state index in [1.54, 1.807) is 38.4 Å². The van der Waals surface area contributed by atoms with Crippen molar-refractivity contribution in [3.05, 3.63) is 42.8 Å². The van der Waals surface area contributed by atoms with Crippen LogP contribution in [0, 0.1) is 0 Å². The second-order valence-corrected chi connectivity index (χ2v) is 12.8. The number of hydrogen-bond acceptors (Lipinski definition) is 12. The summed E-state index contributed by atoms with van der Waals surface area (Å²) in [4.78, 5) is 56.0. The average Bonchev–Trinajstić information content (AvgIpc) is 3.59. The van der Waals surface area contributed by atoms with E-state index >= 15 is 0 Å². The van der Waals surface area contributed by atoms with Crippen LogP contribution in [0.1, 0.15) is 30.5 Å². The molecule has 2 aliphatic rings. The molecule has 0 aromatic carbocycles. The summed E-state index contributed by atoms with van der Waals surface area (Å²) < 4.78 is 10.8. The lowest BCUT2D eigenvalue weighted by Gasteiger charge is -2.03. The van der Waals surface area contributed by atoms with Crippen molar-refractivity contribution in [2.75, 3.05) is 28.3 Å². The van der Waals surface area contributed by atoms with Crippen LogP contribution < -0.4 is 0 Å². The van der Waals surface area contributed by atoms with Gasteiger partial charge in [0.1, 0.15) is 8.64 Å². The van der Waals surface area contributed by atoms with E-state index in [1.807, 2.05) is 0 Å². The van der Waals surface area contributed by atoms with Crippen LogP contribution in [-0.2, 0) is 19.1 Å². The van der Waals surface area contributed by atoms with Crippen molar-refractivity contribution in [1.82, 2.24) is 9.80 Å². The SMILES string of the molecule is COC(=O)c1cc(/C=C2\SC(=S)N(C)C2=O)sc1-c1sc(/C=C2\SC(=S)N(C)C2=O)cc1C(=O)OC. The Kier molecular flexibility index (Phi) is 7.83. The summed E-state index contributed by atoms with van der Waals surface area (Å²) in [6, 6.07) is 3.22. The summed E-state index contributed by atoms with van der Waals surface area (Å²) in [6.07, 6.45) is 3.31. The Balaban J connectivity index is 1.84. The van der Waals surface area contributed by atoms with Crippen LogP contribution in [0.3, 0.4) is 0 Å². The molecular weight excluding hydrogens is 581 g/mol. The lowest BCUT2D eigenvalue weighted by molar-refractivity contribution is -0.122. The number of amides is 2. The van der Waals surface area contributed by atoms with Gasteiger partial charge in [-0.2, -0.15) is 0 Å². The number of methoxy groups -OCH3 is 2. The molecule has 2 fully saturated rings. The minimum absolute atomic E-state index is 0.235. The molecule has 2 aromatic heterocycles. The van der Waals surface area contributed by atoms with E-state index < -0.39 is 11.9 Å². The predicted molar refractivity (Wildman–Crippen MR) is 152 cm³/mol. The maximum Gasteiger partial charge on any atom is 0.339 e. The highest BCUT2D eigenvalue weighted by Crippen LogP contribution is 2.44. The first-order valence-corrected chi connectivity index (χ1v) is 14.0. The van der Waals surface area contributed by atoms with E-state index in [2.05, 4.69) is 0 Å². The Hall–Kier alpha value is -2.36. The number of carbonyl (C=O) groups excluding carboxylic acids is 4. The maximum absolute atomic E-state index is 12.6. The minimum Gasteiger partial charge on any atom is -0.465 e. The second kappa shape index (κ2) is 10.6. The summed E-state index contributed by atoms with van der Waals surface area (Å²) >= 11 is 15.2. The zero-order valence-electron chi connectivity index (χ0n) is 19.1. The van der Waals surface area contributed by atoms with Gasteiger partial charge >= 0.3 is 11.9 Å². The number of thiophene rings is 2. The summed E-state index contributed by atoms with van der Waals surface area (Å²) in [6.45, 7) is 0. The summed E-state index contributed by atoms with van der Waals surface area (Å²) in [7, 11) is 5.72. The quantitative estimate of drug-likeness (QED) is 0.274. The molecule has 0 saturated carbocycles. The van der Waals surface area contributed by atoms with Crippen molar-refractivity contribution in [2.24, 2.45) is 0 Å². The van der Waals surface area contributed by atoms with Crippen molar-refractivity contribution >= 4 is 115 Å². The third kappa shape index (κ3) is 4.93. The third-order valence-electron chi connectivity index (χ3n) is 5.04. The lowest BCUT2D eigenvalue weighted by atomic mass is 10.1. The molecule has 4 rings (SSSR count). The summed E-state index contributed by atoms with van der Waals surface area (Å²) in [5.41, 5.74) is 0.471. The molecule has 2 aromatic rings. The van der Waals surface area contributed by atoms with Crippen LogP contribution in [0.4, 0.5) is 0 Å². The Morgan fingerprint density at radius 2 is 1.14 bits per heavy atom. The van der Waals surface area contributed by atoms with Crippen molar-refractivity contribution in [3.8, 4) is 9.75 Å². The van der Waals surface area contributed by atoms with Gasteiger partial charge in [0, 0.05) is 23.8 Å². The molecule has 0 radical (unpaired) electrons. The van der Waals surface area contributed by atoms with Crippen molar-refractivity contribution in [3.63, 3.8) is 0 Å². The van der Waals surface area contributed by atoms with Crippen LogP contribution in [0.15, 0.2) is 21.9 Å². The standard InChI is InChI=1S/C22H16N2O6S6/c1-23-17(25)13(35-21(23)31)7-9-5-11(19(27)29-3)15(33-9)16-12(20(28)30-4)6-10(34-16)8-14-18(26)24(2)22(32)36-14/h5-8H,1-4H3/b13-7-,14-8-. The molecule has 4 heterocycles. The van der Waals surface area contributed by atoms with Crippen molar-refractivity contribution in [1.29, 1.82) is 0 Å².